The minimum absolute atomic E-state index is 0.0387. The number of carbonyl (C=O) groups excluding carboxylic acids is 1. The van der Waals surface area contributed by atoms with Gasteiger partial charge in [-0.3, -0.25) is 4.79 Å². The second-order valence-corrected chi connectivity index (χ2v) is 7.07. The first-order chi connectivity index (χ1) is 12.0. The Morgan fingerprint density at radius 2 is 1.84 bits per heavy atom. The lowest BCUT2D eigenvalue weighted by atomic mass is 10.0. The Kier molecular flexibility index (Phi) is 4.87. The molecule has 0 fully saturated rings. The number of Topliss-reactive ketones (excluding diaryl/α,β-unsaturated/α-hetero) is 1. The average molecular weight is 346 g/mol. The molecular formula is C21H18N2OS. The van der Waals surface area contributed by atoms with Crippen molar-refractivity contribution >= 4 is 28.4 Å². The molecule has 124 valence electrons. The van der Waals surface area contributed by atoms with E-state index in [9.17, 15) is 10.1 Å². The summed E-state index contributed by atoms with van der Waals surface area (Å²) >= 11 is 1.33. The van der Waals surface area contributed by atoms with Crippen LogP contribution in [0.3, 0.4) is 0 Å². The number of aromatic nitrogens is 1. The third kappa shape index (κ3) is 3.57. The number of hydrogen-bond donors (Lipinski definition) is 0. The number of nitriles is 1. The zero-order chi connectivity index (χ0) is 18.0. The monoisotopic (exact) mass is 346 g/mol. The molecule has 0 bridgehead atoms. The van der Waals surface area contributed by atoms with Crippen LogP contribution in [0.25, 0.3) is 10.9 Å². The summed E-state index contributed by atoms with van der Waals surface area (Å²) in [5, 5.41) is 11.0. The van der Waals surface area contributed by atoms with Crippen molar-refractivity contribution in [2.24, 2.45) is 0 Å². The average Bonchev–Trinajstić information content (AvgIpc) is 2.63. The molecule has 3 rings (SSSR count). The number of ketones is 1. The third-order valence-electron chi connectivity index (χ3n) is 4.31. The Bertz CT molecular complexity index is 1000. The Labute approximate surface area is 151 Å². The van der Waals surface area contributed by atoms with Crippen LogP contribution in [0.4, 0.5) is 0 Å². The maximum Gasteiger partial charge on any atom is 0.173 e. The van der Waals surface area contributed by atoms with Gasteiger partial charge in [0, 0.05) is 10.9 Å². The maximum atomic E-state index is 12.4. The van der Waals surface area contributed by atoms with E-state index in [0.717, 1.165) is 27.6 Å². The fraction of sp³-hybridized carbons (Fsp3) is 0.190. The van der Waals surface area contributed by atoms with Crippen molar-refractivity contribution in [1.82, 2.24) is 4.98 Å². The first-order valence-corrected chi connectivity index (χ1v) is 9.02. The number of benzene rings is 2. The Morgan fingerprint density at radius 3 is 2.52 bits per heavy atom. The summed E-state index contributed by atoms with van der Waals surface area (Å²) in [6.45, 7) is 6.07. The number of aryl methyl sites for hydroxylation is 3. The van der Waals surface area contributed by atoms with Crippen molar-refractivity contribution in [3.63, 3.8) is 0 Å². The highest BCUT2D eigenvalue weighted by Crippen LogP contribution is 2.28. The number of carbonyl (C=O) groups is 1. The topological polar surface area (TPSA) is 53.8 Å². The lowest BCUT2D eigenvalue weighted by Crippen LogP contribution is -2.03. The quantitative estimate of drug-likeness (QED) is 0.492. The minimum atomic E-state index is 0.0387. The van der Waals surface area contributed by atoms with E-state index in [1.807, 2.05) is 63.2 Å². The predicted molar refractivity (Wildman–Crippen MR) is 102 cm³/mol. The molecule has 1 heterocycles. The fourth-order valence-corrected chi connectivity index (χ4v) is 3.46. The standard InChI is InChI=1S/C21H18N2OS/c1-13-4-7-16(8-5-13)19(24)12-25-21-18(11-22)10-17-9-6-14(2)15(3)20(17)23-21/h4-10H,12H2,1-3H3. The van der Waals surface area contributed by atoms with E-state index in [0.29, 0.717) is 16.2 Å². The molecule has 0 radical (unpaired) electrons. The fourth-order valence-electron chi connectivity index (χ4n) is 2.61. The smallest absolute Gasteiger partial charge is 0.173 e. The molecule has 0 unspecified atom stereocenters. The molecule has 0 aliphatic heterocycles. The summed E-state index contributed by atoms with van der Waals surface area (Å²) in [4.78, 5) is 17.1. The van der Waals surface area contributed by atoms with Gasteiger partial charge in [-0.05, 0) is 38.0 Å². The molecule has 0 saturated heterocycles. The van der Waals surface area contributed by atoms with Crippen molar-refractivity contribution in [2.75, 3.05) is 5.75 Å². The van der Waals surface area contributed by atoms with Gasteiger partial charge in [0.2, 0.25) is 0 Å². The van der Waals surface area contributed by atoms with Gasteiger partial charge in [-0.25, -0.2) is 4.98 Å². The number of rotatable bonds is 4. The minimum Gasteiger partial charge on any atom is -0.293 e. The summed E-state index contributed by atoms with van der Waals surface area (Å²) in [6, 6.07) is 15.6. The number of hydrogen-bond acceptors (Lipinski definition) is 4. The summed E-state index contributed by atoms with van der Waals surface area (Å²) in [7, 11) is 0. The molecule has 0 aliphatic carbocycles. The molecule has 0 amide bonds. The van der Waals surface area contributed by atoms with Crippen molar-refractivity contribution in [3.8, 4) is 6.07 Å². The molecule has 0 saturated carbocycles. The molecule has 1 aromatic heterocycles. The molecule has 4 heteroatoms. The number of nitrogens with zero attached hydrogens (tertiary/aromatic N) is 2. The summed E-state index contributed by atoms with van der Waals surface area (Å²) < 4.78 is 0. The normalized spacial score (nSPS) is 10.6. The molecule has 25 heavy (non-hydrogen) atoms. The summed E-state index contributed by atoms with van der Waals surface area (Å²) in [5.41, 5.74) is 5.48. The molecule has 0 N–H and O–H groups in total. The highest BCUT2D eigenvalue weighted by atomic mass is 32.2. The Balaban J connectivity index is 1.90. The molecule has 3 aromatic rings. The van der Waals surface area contributed by atoms with E-state index < -0.39 is 0 Å². The maximum absolute atomic E-state index is 12.4. The molecule has 0 atom stereocenters. The Morgan fingerprint density at radius 1 is 1.12 bits per heavy atom. The lowest BCUT2D eigenvalue weighted by Gasteiger charge is -2.09. The van der Waals surface area contributed by atoms with Crippen LogP contribution < -0.4 is 0 Å². The molecule has 3 nitrogen and oxygen atoms in total. The van der Waals surface area contributed by atoms with Crippen LogP contribution in [-0.4, -0.2) is 16.5 Å². The first-order valence-electron chi connectivity index (χ1n) is 8.03. The highest BCUT2D eigenvalue weighted by Gasteiger charge is 2.13. The van der Waals surface area contributed by atoms with Crippen molar-refractivity contribution in [3.05, 3.63) is 70.3 Å². The number of fused-ring (bicyclic) bond motifs is 1. The molecule has 2 aromatic carbocycles. The van der Waals surface area contributed by atoms with Gasteiger partial charge in [0.25, 0.3) is 0 Å². The van der Waals surface area contributed by atoms with Gasteiger partial charge in [0.1, 0.15) is 11.1 Å². The van der Waals surface area contributed by atoms with Crippen LogP contribution in [0.1, 0.15) is 32.6 Å². The zero-order valence-electron chi connectivity index (χ0n) is 14.5. The number of thioether (sulfide) groups is 1. The van der Waals surface area contributed by atoms with Crippen molar-refractivity contribution in [1.29, 1.82) is 5.26 Å². The summed E-state index contributed by atoms with van der Waals surface area (Å²) in [5.74, 6) is 0.304. The van der Waals surface area contributed by atoms with Gasteiger partial charge >= 0.3 is 0 Å². The SMILES string of the molecule is Cc1ccc(C(=O)CSc2nc3c(C)c(C)ccc3cc2C#N)cc1. The van der Waals surface area contributed by atoms with E-state index in [1.165, 1.54) is 11.8 Å². The zero-order valence-corrected chi connectivity index (χ0v) is 15.3. The molecule has 0 spiro atoms. The second kappa shape index (κ2) is 7.08. The van der Waals surface area contributed by atoms with Crippen LogP contribution in [0.15, 0.2) is 47.5 Å². The van der Waals surface area contributed by atoms with Crippen LogP contribution >= 0.6 is 11.8 Å². The van der Waals surface area contributed by atoms with Crippen molar-refractivity contribution < 1.29 is 4.79 Å². The van der Waals surface area contributed by atoms with Gasteiger partial charge in [-0.1, -0.05) is 53.7 Å². The lowest BCUT2D eigenvalue weighted by molar-refractivity contribution is 0.102. The van der Waals surface area contributed by atoms with Crippen LogP contribution in [0, 0.1) is 32.1 Å². The Hall–Kier alpha value is -2.64. The largest absolute Gasteiger partial charge is 0.293 e. The van der Waals surface area contributed by atoms with E-state index in [-0.39, 0.29) is 11.5 Å². The van der Waals surface area contributed by atoms with Crippen molar-refractivity contribution in [2.45, 2.75) is 25.8 Å². The van der Waals surface area contributed by atoms with Crippen LogP contribution in [-0.2, 0) is 0 Å². The molecular weight excluding hydrogens is 328 g/mol. The van der Waals surface area contributed by atoms with Gasteiger partial charge in [0.05, 0.1) is 16.8 Å². The highest BCUT2D eigenvalue weighted by molar-refractivity contribution is 8.00. The molecule has 0 aliphatic rings. The van der Waals surface area contributed by atoms with Gasteiger partial charge in [-0.2, -0.15) is 5.26 Å². The van der Waals surface area contributed by atoms with Gasteiger partial charge < -0.3 is 0 Å². The van der Waals surface area contributed by atoms with Gasteiger partial charge in [-0.15, -0.1) is 0 Å². The second-order valence-electron chi connectivity index (χ2n) is 6.11. The van der Waals surface area contributed by atoms with Gasteiger partial charge in [0.15, 0.2) is 5.78 Å². The van der Waals surface area contributed by atoms with Crippen LogP contribution in [0.2, 0.25) is 0 Å². The van der Waals surface area contributed by atoms with E-state index >= 15 is 0 Å². The van der Waals surface area contributed by atoms with E-state index in [4.69, 9.17) is 0 Å². The number of pyridine rings is 1. The van der Waals surface area contributed by atoms with Crippen LogP contribution in [0.5, 0.6) is 0 Å². The predicted octanol–water partition coefficient (Wildman–Crippen LogP) is 5.01. The van der Waals surface area contributed by atoms with E-state index in [1.54, 1.807) is 0 Å². The third-order valence-corrected chi connectivity index (χ3v) is 5.30. The first kappa shape index (κ1) is 17.2. The van der Waals surface area contributed by atoms with E-state index in [2.05, 4.69) is 11.1 Å². The summed E-state index contributed by atoms with van der Waals surface area (Å²) in [6.07, 6.45) is 0.